The van der Waals surface area contributed by atoms with E-state index in [9.17, 15) is 5.26 Å². The van der Waals surface area contributed by atoms with Crippen LogP contribution in [0, 0.1) is 29.6 Å². The first-order valence-electron chi connectivity index (χ1n) is 8.86. The monoisotopic (exact) mass is 372 g/mol. The molecular formula is C21H16N4O3. The van der Waals surface area contributed by atoms with Gasteiger partial charge in [-0.15, -0.1) is 5.10 Å². The lowest BCUT2D eigenvalue weighted by Crippen LogP contribution is -2.30. The summed E-state index contributed by atoms with van der Waals surface area (Å²) in [6.45, 7) is 2.20. The van der Waals surface area contributed by atoms with E-state index in [2.05, 4.69) is 16.3 Å². The molecule has 7 nitrogen and oxygen atoms in total. The zero-order valence-corrected chi connectivity index (χ0v) is 15.0. The Morgan fingerprint density at radius 1 is 1.14 bits per heavy atom. The highest BCUT2D eigenvalue weighted by atomic mass is 16.7. The average molecular weight is 372 g/mol. The fourth-order valence-corrected chi connectivity index (χ4v) is 3.73. The molecule has 2 N–H and O–H groups in total. The summed E-state index contributed by atoms with van der Waals surface area (Å²) >= 11 is 0. The van der Waals surface area contributed by atoms with Gasteiger partial charge in [0.2, 0.25) is 18.6 Å². The number of nitriles is 1. The standard InChI is InChI=1S/C21H16N4O3/c1-11-2-4-12(5-3-11)19-18-17(13-6-7-15-16(8-13)27-10-26-15)14(9-22)20(23)28-21(18)25-24-19/h2-8,14,17,23H,10H2,1H3,(H,24,25). The maximum Gasteiger partial charge on any atom is 0.244 e. The highest BCUT2D eigenvalue weighted by Crippen LogP contribution is 2.47. The SMILES string of the molecule is Cc1ccc(-c2[nH]nc3c2C(c2ccc4c(c2)OCO4)C(C#N)C(=N)O3)cc1. The Morgan fingerprint density at radius 3 is 2.71 bits per heavy atom. The number of ether oxygens (including phenoxy) is 3. The van der Waals surface area contributed by atoms with E-state index in [4.69, 9.17) is 19.6 Å². The second kappa shape index (κ2) is 6.13. The molecule has 28 heavy (non-hydrogen) atoms. The number of hydrogen-bond acceptors (Lipinski definition) is 6. The minimum Gasteiger partial charge on any atom is -0.454 e. The molecular weight excluding hydrogens is 356 g/mol. The van der Waals surface area contributed by atoms with Crippen LogP contribution < -0.4 is 14.2 Å². The lowest BCUT2D eigenvalue weighted by molar-refractivity contribution is 0.174. The third-order valence-corrected chi connectivity index (χ3v) is 5.14. The molecule has 0 saturated carbocycles. The van der Waals surface area contributed by atoms with Gasteiger partial charge in [-0.3, -0.25) is 10.5 Å². The summed E-state index contributed by atoms with van der Waals surface area (Å²) in [5.74, 6) is 0.342. The number of aromatic amines is 1. The quantitative estimate of drug-likeness (QED) is 0.713. The number of nitrogens with zero attached hydrogens (tertiary/aromatic N) is 2. The number of nitrogens with one attached hydrogen (secondary N) is 2. The van der Waals surface area contributed by atoms with Gasteiger partial charge in [0.05, 0.1) is 17.3 Å². The van der Waals surface area contributed by atoms with Crippen molar-refractivity contribution in [2.45, 2.75) is 12.8 Å². The van der Waals surface area contributed by atoms with Gasteiger partial charge in [0.1, 0.15) is 5.92 Å². The van der Waals surface area contributed by atoms with Crippen LogP contribution in [0.5, 0.6) is 17.4 Å². The Kier molecular flexibility index (Phi) is 3.59. The lowest BCUT2D eigenvalue weighted by Gasteiger charge is -2.28. The smallest absolute Gasteiger partial charge is 0.244 e. The fourth-order valence-electron chi connectivity index (χ4n) is 3.73. The molecule has 0 bridgehead atoms. The van der Waals surface area contributed by atoms with Crippen LogP contribution in [0.1, 0.15) is 22.6 Å². The Hall–Kier alpha value is -3.79. The van der Waals surface area contributed by atoms with E-state index in [-0.39, 0.29) is 12.7 Å². The van der Waals surface area contributed by atoms with Gasteiger partial charge in [-0.2, -0.15) is 5.26 Å². The molecule has 0 spiro atoms. The highest BCUT2D eigenvalue weighted by Gasteiger charge is 2.41. The predicted molar refractivity (Wildman–Crippen MR) is 101 cm³/mol. The van der Waals surface area contributed by atoms with Crippen LogP contribution in [-0.4, -0.2) is 22.9 Å². The summed E-state index contributed by atoms with van der Waals surface area (Å²) in [6, 6.07) is 15.9. The van der Waals surface area contributed by atoms with Crippen molar-refractivity contribution >= 4 is 5.90 Å². The Labute approximate surface area is 161 Å². The highest BCUT2D eigenvalue weighted by molar-refractivity contribution is 5.86. The first-order chi connectivity index (χ1) is 13.7. The normalized spacial score (nSPS) is 19.6. The van der Waals surface area contributed by atoms with Crippen molar-refractivity contribution in [3.63, 3.8) is 0 Å². The number of hydrogen-bond donors (Lipinski definition) is 2. The van der Waals surface area contributed by atoms with Crippen LogP contribution >= 0.6 is 0 Å². The molecule has 138 valence electrons. The number of aryl methyl sites for hydroxylation is 1. The molecule has 3 heterocycles. The third-order valence-electron chi connectivity index (χ3n) is 5.14. The Balaban J connectivity index is 1.70. The van der Waals surface area contributed by atoms with Crippen LogP contribution in [0.25, 0.3) is 11.3 Å². The van der Waals surface area contributed by atoms with Gasteiger partial charge < -0.3 is 14.2 Å². The zero-order valence-electron chi connectivity index (χ0n) is 15.0. The number of fused-ring (bicyclic) bond motifs is 2. The van der Waals surface area contributed by atoms with E-state index in [1.165, 1.54) is 0 Å². The molecule has 2 aliphatic rings. The summed E-state index contributed by atoms with van der Waals surface area (Å²) in [5.41, 5.74) is 4.49. The molecule has 1 aromatic heterocycles. The van der Waals surface area contributed by atoms with E-state index in [1.54, 1.807) is 0 Å². The van der Waals surface area contributed by atoms with Gasteiger partial charge in [0, 0.05) is 5.92 Å². The van der Waals surface area contributed by atoms with Crippen LogP contribution in [0.3, 0.4) is 0 Å². The maximum atomic E-state index is 9.79. The van der Waals surface area contributed by atoms with E-state index >= 15 is 0 Å². The summed E-state index contributed by atoms with van der Waals surface area (Å²) in [7, 11) is 0. The average Bonchev–Trinajstić information content (AvgIpc) is 3.33. The van der Waals surface area contributed by atoms with Crippen molar-refractivity contribution in [3.05, 3.63) is 59.2 Å². The molecule has 0 fully saturated rings. The molecule has 5 rings (SSSR count). The summed E-state index contributed by atoms with van der Waals surface area (Å²) in [5, 5.41) is 25.3. The van der Waals surface area contributed by atoms with E-state index in [1.807, 2.05) is 49.4 Å². The van der Waals surface area contributed by atoms with Crippen molar-refractivity contribution in [2.24, 2.45) is 5.92 Å². The molecule has 3 aromatic rings. The van der Waals surface area contributed by atoms with Crippen LogP contribution in [0.15, 0.2) is 42.5 Å². The number of H-pyrrole nitrogens is 1. The molecule has 2 unspecified atom stereocenters. The van der Waals surface area contributed by atoms with E-state index in [0.717, 1.165) is 27.9 Å². The molecule has 0 saturated heterocycles. The molecule has 2 atom stereocenters. The van der Waals surface area contributed by atoms with Crippen LogP contribution in [-0.2, 0) is 0 Å². The van der Waals surface area contributed by atoms with Gasteiger partial charge in [-0.1, -0.05) is 35.9 Å². The molecule has 7 heteroatoms. The van der Waals surface area contributed by atoms with Gasteiger partial charge in [0.25, 0.3) is 0 Å². The predicted octanol–water partition coefficient (Wildman–Crippen LogP) is 3.76. The zero-order chi connectivity index (χ0) is 19.3. The maximum absolute atomic E-state index is 9.79. The van der Waals surface area contributed by atoms with Crippen molar-refractivity contribution in [1.82, 2.24) is 10.2 Å². The number of rotatable bonds is 2. The molecule has 0 radical (unpaired) electrons. The lowest BCUT2D eigenvalue weighted by atomic mass is 9.78. The Morgan fingerprint density at radius 2 is 1.93 bits per heavy atom. The van der Waals surface area contributed by atoms with Crippen molar-refractivity contribution in [2.75, 3.05) is 6.79 Å². The summed E-state index contributed by atoms with van der Waals surface area (Å²) < 4.78 is 16.5. The van der Waals surface area contributed by atoms with Gasteiger partial charge in [-0.05, 0) is 30.2 Å². The van der Waals surface area contributed by atoms with E-state index in [0.29, 0.717) is 17.4 Å². The van der Waals surface area contributed by atoms with Gasteiger partial charge in [0.15, 0.2) is 11.5 Å². The fraction of sp³-hybridized carbons (Fsp3) is 0.190. The molecule has 2 aliphatic heterocycles. The van der Waals surface area contributed by atoms with Gasteiger partial charge in [-0.25, -0.2) is 0 Å². The molecule has 2 aromatic carbocycles. The second-order valence-corrected chi connectivity index (χ2v) is 6.85. The minimum absolute atomic E-state index is 0.111. The molecule has 0 amide bonds. The largest absolute Gasteiger partial charge is 0.454 e. The molecule has 0 aliphatic carbocycles. The third kappa shape index (κ3) is 2.42. The van der Waals surface area contributed by atoms with Gasteiger partial charge >= 0.3 is 0 Å². The minimum atomic E-state index is -0.769. The first-order valence-corrected chi connectivity index (χ1v) is 8.86. The van der Waals surface area contributed by atoms with Crippen molar-refractivity contribution < 1.29 is 14.2 Å². The van der Waals surface area contributed by atoms with Crippen molar-refractivity contribution in [1.29, 1.82) is 10.7 Å². The number of benzene rings is 2. The number of aromatic nitrogens is 2. The second-order valence-electron chi connectivity index (χ2n) is 6.85. The Bertz CT molecular complexity index is 1130. The summed E-state index contributed by atoms with van der Waals surface area (Å²) in [6.07, 6.45) is 0. The summed E-state index contributed by atoms with van der Waals surface area (Å²) in [4.78, 5) is 0. The van der Waals surface area contributed by atoms with Crippen LogP contribution in [0.4, 0.5) is 0 Å². The van der Waals surface area contributed by atoms with Crippen LogP contribution in [0.2, 0.25) is 0 Å². The first kappa shape index (κ1) is 16.4. The van der Waals surface area contributed by atoms with E-state index < -0.39 is 11.8 Å². The van der Waals surface area contributed by atoms with Crippen molar-refractivity contribution in [3.8, 4) is 34.7 Å². The topological polar surface area (TPSA) is 104 Å².